The quantitative estimate of drug-likeness (QED) is 0.781. The lowest BCUT2D eigenvalue weighted by Crippen LogP contribution is -2.35. The minimum Gasteiger partial charge on any atom is -0.478 e. The molecule has 0 aliphatic carbocycles. The van der Waals surface area contributed by atoms with Crippen molar-refractivity contribution in [2.45, 2.75) is 44.6 Å². The van der Waals surface area contributed by atoms with E-state index in [1.807, 2.05) is 24.3 Å². The Labute approximate surface area is 171 Å². The van der Waals surface area contributed by atoms with E-state index in [1.165, 1.54) is 25.3 Å². The lowest BCUT2D eigenvalue weighted by molar-refractivity contribution is 0.0692. The standard InChI is InChI=1S/C24H29FN2O2/c25-20-9-5-10-21(15-20)27-14-6-8-18(17-27)22-11-4-7-19(23(22)24(28)29)16-26-12-2-1-3-13-26/h4-5,7,9-11,15,18H,1-3,6,8,12-14,16-17H2,(H,28,29). The molecule has 1 atom stereocenters. The van der Waals surface area contributed by atoms with Crippen molar-refractivity contribution in [3.63, 3.8) is 0 Å². The fourth-order valence-electron chi connectivity index (χ4n) is 4.85. The van der Waals surface area contributed by atoms with Gasteiger partial charge in [-0.3, -0.25) is 4.90 Å². The molecule has 154 valence electrons. The molecule has 2 aromatic carbocycles. The topological polar surface area (TPSA) is 43.8 Å². The molecule has 0 aromatic heterocycles. The first kappa shape index (κ1) is 19.9. The Morgan fingerprint density at radius 3 is 2.59 bits per heavy atom. The van der Waals surface area contributed by atoms with Crippen LogP contribution < -0.4 is 4.90 Å². The third-order valence-corrected chi connectivity index (χ3v) is 6.27. The predicted octanol–water partition coefficient (Wildman–Crippen LogP) is 4.89. The summed E-state index contributed by atoms with van der Waals surface area (Å²) in [5.41, 5.74) is 3.19. The molecule has 0 radical (unpaired) electrons. The van der Waals surface area contributed by atoms with E-state index in [0.717, 1.165) is 55.8 Å². The number of hydrogen-bond acceptors (Lipinski definition) is 3. The van der Waals surface area contributed by atoms with Crippen molar-refractivity contribution in [2.75, 3.05) is 31.1 Å². The second-order valence-corrected chi connectivity index (χ2v) is 8.29. The van der Waals surface area contributed by atoms with Gasteiger partial charge in [0.2, 0.25) is 0 Å². The molecule has 2 aromatic rings. The molecule has 2 saturated heterocycles. The Kier molecular flexibility index (Phi) is 6.14. The first-order valence-corrected chi connectivity index (χ1v) is 10.7. The van der Waals surface area contributed by atoms with Gasteiger partial charge < -0.3 is 10.0 Å². The number of halogens is 1. The molecule has 0 spiro atoms. The number of anilines is 1. The number of benzene rings is 2. The number of likely N-dealkylation sites (tertiary alicyclic amines) is 1. The van der Waals surface area contributed by atoms with Crippen LogP contribution >= 0.6 is 0 Å². The Bertz CT molecular complexity index is 864. The van der Waals surface area contributed by atoms with Crippen LogP contribution in [0.3, 0.4) is 0 Å². The molecule has 1 N–H and O–H groups in total. The van der Waals surface area contributed by atoms with Gasteiger partial charge in [0.15, 0.2) is 0 Å². The molecule has 2 heterocycles. The molecule has 2 aliphatic rings. The zero-order valence-electron chi connectivity index (χ0n) is 16.8. The molecular weight excluding hydrogens is 367 g/mol. The molecule has 2 fully saturated rings. The zero-order valence-corrected chi connectivity index (χ0v) is 16.8. The molecule has 4 rings (SSSR count). The van der Waals surface area contributed by atoms with Gasteiger partial charge in [-0.25, -0.2) is 9.18 Å². The smallest absolute Gasteiger partial charge is 0.336 e. The van der Waals surface area contributed by atoms with Crippen LogP contribution in [0.5, 0.6) is 0 Å². The third kappa shape index (κ3) is 4.61. The van der Waals surface area contributed by atoms with Crippen LogP contribution in [0.15, 0.2) is 42.5 Å². The van der Waals surface area contributed by atoms with Gasteiger partial charge in [0.05, 0.1) is 5.56 Å². The molecule has 0 bridgehead atoms. The first-order chi connectivity index (χ1) is 14.1. The van der Waals surface area contributed by atoms with E-state index in [1.54, 1.807) is 12.1 Å². The van der Waals surface area contributed by atoms with Crippen molar-refractivity contribution in [3.8, 4) is 0 Å². The molecule has 29 heavy (non-hydrogen) atoms. The van der Waals surface area contributed by atoms with Crippen molar-refractivity contribution in [1.29, 1.82) is 0 Å². The Hall–Kier alpha value is -2.40. The number of aromatic carboxylic acids is 1. The van der Waals surface area contributed by atoms with Gasteiger partial charge in [0, 0.05) is 31.2 Å². The summed E-state index contributed by atoms with van der Waals surface area (Å²) >= 11 is 0. The number of rotatable bonds is 5. The van der Waals surface area contributed by atoms with Crippen molar-refractivity contribution in [1.82, 2.24) is 4.90 Å². The normalized spacial score (nSPS) is 20.6. The minimum atomic E-state index is -0.838. The predicted molar refractivity (Wildman–Crippen MR) is 113 cm³/mol. The highest BCUT2D eigenvalue weighted by Gasteiger charge is 2.27. The van der Waals surface area contributed by atoms with Crippen LogP contribution in [-0.2, 0) is 6.54 Å². The van der Waals surface area contributed by atoms with Gasteiger partial charge in [-0.2, -0.15) is 0 Å². The van der Waals surface area contributed by atoms with Crippen LogP contribution in [0.4, 0.5) is 10.1 Å². The SMILES string of the molecule is O=C(O)c1c(CN2CCCCC2)cccc1C1CCCN(c2cccc(F)c2)C1. The number of nitrogens with zero attached hydrogens (tertiary/aromatic N) is 2. The van der Waals surface area contributed by atoms with Crippen LogP contribution in [0, 0.1) is 5.82 Å². The second-order valence-electron chi connectivity index (χ2n) is 8.29. The first-order valence-electron chi connectivity index (χ1n) is 10.7. The fourth-order valence-corrected chi connectivity index (χ4v) is 4.85. The second kappa shape index (κ2) is 8.95. The van der Waals surface area contributed by atoms with Gasteiger partial charge in [-0.05, 0) is 68.1 Å². The highest BCUT2D eigenvalue weighted by Crippen LogP contribution is 2.33. The summed E-state index contributed by atoms with van der Waals surface area (Å²) in [5.74, 6) is -0.936. The summed E-state index contributed by atoms with van der Waals surface area (Å²) in [6.07, 6.45) is 5.57. The van der Waals surface area contributed by atoms with Crippen molar-refractivity contribution in [2.24, 2.45) is 0 Å². The molecular formula is C24H29FN2O2. The molecule has 0 amide bonds. The largest absolute Gasteiger partial charge is 0.478 e. The maximum Gasteiger partial charge on any atom is 0.336 e. The summed E-state index contributed by atoms with van der Waals surface area (Å²) in [5, 5.41) is 10.0. The van der Waals surface area contributed by atoms with Crippen molar-refractivity contribution < 1.29 is 14.3 Å². The lowest BCUT2D eigenvalue weighted by Gasteiger charge is -2.35. The van der Waals surface area contributed by atoms with E-state index in [4.69, 9.17) is 0 Å². The van der Waals surface area contributed by atoms with Gasteiger partial charge in [-0.15, -0.1) is 0 Å². The molecule has 4 nitrogen and oxygen atoms in total. The third-order valence-electron chi connectivity index (χ3n) is 6.27. The molecule has 5 heteroatoms. The van der Waals surface area contributed by atoms with E-state index in [0.29, 0.717) is 12.1 Å². The monoisotopic (exact) mass is 396 g/mol. The van der Waals surface area contributed by atoms with Gasteiger partial charge >= 0.3 is 5.97 Å². The zero-order chi connectivity index (χ0) is 20.2. The summed E-state index contributed by atoms with van der Waals surface area (Å²) < 4.78 is 13.7. The van der Waals surface area contributed by atoms with Crippen LogP contribution in [0.25, 0.3) is 0 Å². The number of hydrogen-bond donors (Lipinski definition) is 1. The number of carboxylic acid groups (broad SMARTS) is 1. The highest BCUT2D eigenvalue weighted by atomic mass is 19.1. The van der Waals surface area contributed by atoms with Gasteiger partial charge in [0.25, 0.3) is 0 Å². The summed E-state index contributed by atoms with van der Waals surface area (Å²) in [4.78, 5) is 16.8. The van der Waals surface area contributed by atoms with Crippen molar-refractivity contribution in [3.05, 3.63) is 65.0 Å². The van der Waals surface area contributed by atoms with Crippen LogP contribution in [0.2, 0.25) is 0 Å². The number of carboxylic acids is 1. The highest BCUT2D eigenvalue weighted by molar-refractivity contribution is 5.91. The van der Waals surface area contributed by atoms with Gasteiger partial charge in [0.1, 0.15) is 5.82 Å². The average Bonchev–Trinajstić information content (AvgIpc) is 2.74. The fraction of sp³-hybridized carbons (Fsp3) is 0.458. The molecule has 1 unspecified atom stereocenters. The Morgan fingerprint density at radius 2 is 1.83 bits per heavy atom. The summed E-state index contributed by atoms with van der Waals surface area (Å²) in [6.45, 7) is 4.38. The van der Waals surface area contributed by atoms with E-state index < -0.39 is 5.97 Å². The maximum atomic E-state index is 13.7. The van der Waals surface area contributed by atoms with Gasteiger partial charge in [-0.1, -0.05) is 30.7 Å². The molecule has 2 aliphatic heterocycles. The summed E-state index contributed by atoms with van der Waals surface area (Å²) in [7, 11) is 0. The maximum absolute atomic E-state index is 13.7. The van der Waals surface area contributed by atoms with Crippen LogP contribution in [0.1, 0.15) is 59.5 Å². The average molecular weight is 397 g/mol. The van der Waals surface area contributed by atoms with Crippen LogP contribution in [-0.4, -0.2) is 42.2 Å². The van der Waals surface area contributed by atoms with E-state index >= 15 is 0 Å². The van der Waals surface area contributed by atoms with E-state index in [-0.39, 0.29) is 11.7 Å². The van der Waals surface area contributed by atoms with Crippen molar-refractivity contribution >= 4 is 11.7 Å². The Balaban J connectivity index is 1.59. The lowest BCUT2D eigenvalue weighted by atomic mass is 9.85. The Morgan fingerprint density at radius 1 is 1.03 bits per heavy atom. The number of piperidine rings is 2. The summed E-state index contributed by atoms with van der Waals surface area (Å²) in [6, 6.07) is 12.6. The van der Waals surface area contributed by atoms with E-state index in [9.17, 15) is 14.3 Å². The molecule has 0 saturated carbocycles. The minimum absolute atomic E-state index is 0.138. The number of carbonyl (C=O) groups is 1. The van der Waals surface area contributed by atoms with E-state index in [2.05, 4.69) is 9.80 Å².